The SMILES string of the molecule is CC(=O)OCCN1C(=O)c2c(OCc3ccccc3)c(=O)ccn2N(C2c3ccccc3CCc3ccccc32)C1CN1C(=O)c2ccccc2C1=O. The zero-order chi connectivity index (χ0) is 36.6. The molecule has 8 rings (SSSR count). The van der Waals surface area contributed by atoms with Gasteiger partial charge in [0.2, 0.25) is 5.43 Å². The van der Waals surface area contributed by atoms with Gasteiger partial charge in [-0.05, 0) is 52.8 Å². The minimum atomic E-state index is -0.985. The summed E-state index contributed by atoms with van der Waals surface area (Å²) in [5, 5.41) is 1.96. The number of fused-ring (bicyclic) bond motifs is 4. The first-order chi connectivity index (χ1) is 25.8. The molecular formula is C42H36N4O7. The quantitative estimate of drug-likeness (QED) is 0.157. The average Bonchev–Trinajstić information content (AvgIpc) is 3.30. The molecule has 3 heterocycles. The molecule has 0 saturated carbocycles. The molecule has 0 N–H and O–H groups in total. The summed E-state index contributed by atoms with van der Waals surface area (Å²) in [4.78, 5) is 71.1. The summed E-state index contributed by atoms with van der Waals surface area (Å²) < 4.78 is 13.2. The molecule has 0 fully saturated rings. The summed E-state index contributed by atoms with van der Waals surface area (Å²) in [5.74, 6) is -2.20. The van der Waals surface area contributed by atoms with Crippen LogP contribution in [0.4, 0.5) is 0 Å². The molecule has 3 amide bonds. The van der Waals surface area contributed by atoms with Gasteiger partial charge < -0.3 is 14.4 Å². The van der Waals surface area contributed by atoms with E-state index in [0.29, 0.717) is 0 Å². The summed E-state index contributed by atoms with van der Waals surface area (Å²) in [6.07, 6.45) is 2.09. The number of imide groups is 1. The standard InChI is InChI=1S/C42H36N4O7/c1-27(47)52-24-23-43-36(25-44-40(49)33-17-9-10-18-34(33)41(44)50)46(37-31-15-7-5-13-29(31)19-20-30-14-6-8-16-32(30)37)45-22-21-35(48)39(38(45)42(43)51)53-26-28-11-3-2-4-12-28/h2-18,21-22,36-37H,19-20,23-26H2,1H3. The number of benzene rings is 4. The highest BCUT2D eigenvalue weighted by Crippen LogP contribution is 2.40. The van der Waals surface area contributed by atoms with Gasteiger partial charge in [-0.25, -0.2) is 0 Å². The Morgan fingerprint density at radius 3 is 1.92 bits per heavy atom. The predicted octanol–water partition coefficient (Wildman–Crippen LogP) is 4.89. The van der Waals surface area contributed by atoms with E-state index in [1.807, 2.05) is 59.6 Å². The zero-order valence-electron chi connectivity index (χ0n) is 29.0. The molecule has 11 nitrogen and oxygen atoms in total. The fourth-order valence-electron chi connectivity index (χ4n) is 7.69. The van der Waals surface area contributed by atoms with Crippen LogP contribution in [-0.4, -0.2) is 64.0 Å². The number of aromatic nitrogens is 1. The molecule has 2 aliphatic heterocycles. The Labute approximate surface area is 305 Å². The van der Waals surface area contributed by atoms with E-state index in [4.69, 9.17) is 9.47 Å². The summed E-state index contributed by atoms with van der Waals surface area (Å²) in [6, 6.07) is 33.0. The van der Waals surface area contributed by atoms with Crippen LogP contribution in [0.2, 0.25) is 0 Å². The summed E-state index contributed by atoms with van der Waals surface area (Å²) in [7, 11) is 0. The lowest BCUT2D eigenvalue weighted by Gasteiger charge is -2.50. The third-order valence-electron chi connectivity index (χ3n) is 10.1. The number of rotatable bonds is 9. The number of pyridine rings is 1. The lowest BCUT2D eigenvalue weighted by atomic mass is 9.93. The van der Waals surface area contributed by atoms with Crippen molar-refractivity contribution in [3.8, 4) is 5.75 Å². The molecule has 53 heavy (non-hydrogen) atoms. The van der Waals surface area contributed by atoms with E-state index in [0.717, 1.165) is 40.7 Å². The number of nitrogens with zero attached hydrogens (tertiary/aromatic N) is 4. The van der Waals surface area contributed by atoms with Gasteiger partial charge in [-0.2, -0.15) is 0 Å². The minimum absolute atomic E-state index is 0.0194. The van der Waals surface area contributed by atoms with Crippen LogP contribution in [0.5, 0.6) is 5.75 Å². The molecule has 4 aromatic carbocycles. The summed E-state index contributed by atoms with van der Waals surface area (Å²) >= 11 is 0. The van der Waals surface area contributed by atoms with Gasteiger partial charge in [0.05, 0.1) is 30.3 Å². The Morgan fingerprint density at radius 2 is 1.30 bits per heavy atom. The van der Waals surface area contributed by atoms with Crippen LogP contribution in [0, 0.1) is 0 Å². The van der Waals surface area contributed by atoms with Crippen molar-refractivity contribution in [2.75, 3.05) is 24.7 Å². The van der Waals surface area contributed by atoms with Gasteiger partial charge in [-0.1, -0.05) is 91.0 Å². The molecule has 3 aliphatic rings. The van der Waals surface area contributed by atoms with E-state index in [9.17, 15) is 24.0 Å². The van der Waals surface area contributed by atoms with Gasteiger partial charge in [-0.15, -0.1) is 0 Å². The largest absolute Gasteiger partial charge is 0.482 e. The van der Waals surface area contributed by atoms with Crippen molar-refractivity contribution in [3.05, 3.63) is 170 Å². The maximum atomic E-state index is 15.0. The van der Waals surface area contributed by atoms with Crippen LogP contribution in [-0.2, 0) is 29.0 Å². The Balaban J connectivity index is 1.35. The lowest BCUT2D eigenvalue weighted by Crippen LogP contribution is -2.66. The van der Waals surface area contributed by atoms with Crippen molar-refractivity contribution >= 4 is 23.7 Å². The number of carbonyl (C=O) groups is 4. The number of esters is 1. The van der Waals surface area contributed by atoms with Gasteiger partial charge in [-0.3, -0.25) is 38.6 Å². The maximum Gasteiger partial charge on any atom is 0.302 e. The highest BCUT2D eigenvalue weighted by atomic mass is 16.5. The van der Waals surface area contributed by atoms with Crippen LogP contribution >= 0.6 is 0 Å². The van der Waals surface area contributed by atoms with Crippen LogP contribution in [0.1, 0.15) is 72.0 Å². The second kappa shape index (κ2) is 13.9. The summed E-state index contributed by atoms with van der Waals surface area (Å²) in [5.41, 5.74) is 4.99. The fraction of sp³-hybridized carbons (Fsp3) is 0.214. The van der Waals surface area contributed by atoms with Crippen molar-refractivity contribution in [2.45, 2.75) is 38.6 Å². The first-order valence-electron chi connectivity index (χ1n) is 17.6. The molecular weight excluding hydrogens is 672 g/mol. The van der Waals surface area contributed by atoms with E-state index >= 15 is 0 Å². The first-order valence-corrected chi connectivity index (χ1v) is 17.6. The molecule has 11 heteroatoms. The predicted molar refractivity (Wildman–Crippen MR) is 195 cm³/mol. The smallest absolute Gasteiger partial charge is 0.302 e. The van der Waals surface area contributed by atoms with Gasteiger partial charge in [0, 0.05) is 19.2 Å². The zero-order valence-corrected chi connectivity index (χ0v) is 29.0. The Kier molecular flexibility index (Phi) is 8.83. The van der Waals surface area contributed by atoms with Crippen molar-refractivity contribution in [1.29, 1.82) is 0 Å². The Hall–Kier alpha value is -6.49. The van der Waals surface area contributed by atoms with Crippen molar-refractivity contribution in [2.24, 2.45) is 0 Å². The molecule has 0 saturated heterocycles. The van der Waals surface area contributed by atoms with Gasteiger partial charge in [0.15, 0.2) is 11.4 Å². The van der Waals surface area contributed by atoms with E-state index in [2.05, 4.69) is 24.3 Å². The molecule has 0 spiro atoms. The maximum absolute atomic E-state index is 15.0. The molecule has 1 aromatic heterocycles. The number of amides is 3. The Morgan fingerprint density at radius 1 is 0.717 bits per heavy atom. The third kappa shape index (κ3) is 6.03. The molecule has 5 aromatic rings. The summed E-state index contributed by atoms with van der Waals surface area (Å²) in [6.45, 7) is 0.832. The van der Waals surface area contributed by atoms with Crippen molar-refractivity contribution < 1.29 is 28.7 Å². The molecule has 1 atom stereocenters. The molecule has 0 bridgehead atoms. The second-order valence-corrected chi connectivity index (χ2v) is 13.2. The topological polar surface area (TPSA) is 118 Å². The van der Waals surface area contributed by atoms with Gasteiger partial charge in [0.1, 0.15) is 19.4 Å². The molecule has 0 radical (unpaired) electrons. The number of ether oxygens (including phenoxy) is 2. The van der Waals surface area contributed by atoms with Gasteiger partial charge >= 0.3 is 5.97 Å². The highest BCUT2D eigenvalue weighted by Gasteiger charge is 2.48. The average molecular weight is 709 g/mol. The molecule has 1 aliphatic carbocycles. The van der Waals surface area contributed by atoms with Gasteiger partial charge in [0.25, 0.3) is 17.7 Å². The highest BCUT2D eigenvalue weighted by molar-refractivity contribution is 6.21. The minimum Gasteiger partial charge on any atom is -0.482 e. The number of hydrogen-bond donors (Lipinski definition) is 0. The number of aryl methyl sites for hydroxylation is 2. The van der Waals surface area contributed by atoms with Crippen molar-refractivity contribution in [3.63, 3.8) is 0 Å². The van der Waals surface area contributed by atoms with E-state index in [-0.39, 0.29) is 48.9 Å². The van der Waals surface area contributed by atoms with Crippen LogP contribution < -0.4 is 15.2 Å². The van der Waals surface area contributed by atoms with E-state index < -0.39 is 41.3 Å². The third-order valence-corrected chi connectivity index (χ3v) is 10.1. The second-order valence-electron chi connectivity index (χ2n) is 13.2. The van der Waals surface area contributed by atoms with Crippen LogP contribution in [0.25, 0.3) is 0 Å². The lowest BCUT2D eigenvalue weighted by molar-refractivity contribution is -0.141. The fourth-order valence-corrected chi connectivity index (χ4v) is 7.69. The first kappa shape index (κ1) is 33.6. The van der Waals surface area contributed by atoms with Crippen LogP contribution in [0.3, 0.4) is 0 Å². The van der Waals surface area contributed by atoms with Crippen molar-refractivity contribution in [1.82, 2.24) is 14.5 Å². The van der Waals surface area contributed by atoms with E-state index in [1.165, 1.54) is 22.8 Å². The molecule has 1 unspecified atom stereocenters. The van der Waals surface area contributed by atoms with Crippen LogP contribution in [0.15, 0.2) is 120 Å². The monoisotopic (exact) mass is 708 g/mol. The normalized spacial score (nSPS) is 16.4. The number of hydrogen-bond acceptors (Lipinski definition) is 8. The molecule has 266 valence electrons. The Bertz CT molecular complexity index is 2240. The van der Waals surface area contributed by atoms with E-state index in [1.54, 1.807) is 35.1 Å². The number of carbonyl (C=O) groups excluding carboxylic acids is 4.